The summed E-state index contributed by atoms with van der Waals surface area (Å²) in [5.41, 5.74) is 1.61. The fourth-order valence-corrected chi connectivity index (χ4v) is 3.29. The number of aryl methyl sites for hydroxylation is 1. The van der Waals surface area contributed by atoms with Gasteiger partial charge in [-0.3, -0.25) is 9.59 Å². The second-order valence-corrected chi connectivity index (χ2v) is 5.99. The Morgan fingerprint density at radius 3 is 2.62 bits per heavy atom. The van der Waals surface area contributed by atoms with Crippen molar-refractivity contribution in [2.45, 2.75) is 33.2 Å². The molecule has 0 aliphatic carbocycles. The van der Waals surface area contributed by atoms with Gasteiger partial charge in [-0.15, -0.1) is 0 Å². The highest BCUT2D eigenvalue weighted by atomic mass is 16.5. The van der Waals surface area contributed by atoms with Gasteiger partial charge in [0.05, 0.1) is 23.6 Å². The molecule has 0 unspecified atom stereocenters. The molecule has 2 heterocycles. The van der Waals surface area contributed by atoms with Crippen LogP contribution in [0.25, 0.3) is 11.0 Å². The van der Waals surface area contributed by atoms with E-state index in [1.54, 1.807) is 4.57 Å². The SMILES string of the molecule is CCOC(=O)C1CCN(c2nc3ccccc3n(CC)c2=O)CC1. The Morgan fingerprint density at radius 1 is 1.25 bits per heavy atom. The van der Waals surface area contributed by atoms with E-state index in [0.29, 0.717) is 44.9 Å². The first-order valence-corrected chi connectivity index (χ1v) is 8.56. The first-order chi connectivity index (χ1) is 11.7. The average molecular weight is 329 g/mol. The lowest BCUT2D eigenvalue weighted by Crippen LogP contribution is -2.41. The first-order valence-electron chi connectivity index (χ1n) is 8.56. The van der Waals surface area contributed by atoms with Gasteiger partial charge in [0.25, 0.3) is 5.56 Å². The average Bonchev–Trinajstić information content (AvgIpc) is 2.61. The Kier molecular flexibility index (Phi) is 4.83. The highest BCUT2D eigenvalue weighted by Crippen LogP contribution is 2.22. The van der Waals surface area contributed by atoms with E-state index in [1.165, 1.54) is 0 Å². The van der Waals surface area contributed by atoms with Gasteiger partial charge < -0.3 is 14.2 Å². The van der Waals surface area contributed by atoms with Crippen molar-refractivity contribution >= 4 is 22.8 Å². The predicted molar refractivity (Wildman–Crippen MR) is 93.2 cm³/mol. The van der Waals surface area contributed by atoms with E-state index >= 15 is 0 Å². The van der Waals surface area contributed by atoms with Gasteiger partial charge >= 0.3 is 5.97 Å². The number of ether oxygens (including phenoxy) is 1. The summed E-state index contributed by atoms with van der Waals surface area (Å²) in [4.78, 5) is 31.2. The Hall–Kier alpha value is -2.37. The molecule has 1 aliphatic heterocycles. The topological polar surface area (TPSA) is 64.4 Å². The second kappa shape index (κ2) is 7.03. The zero-order valence-corrected chi connectivity index (χ0v) is 14.2. The molecule has 2 aromatic rings. The minimum absolute atomic E-state index is 0.0641. The van der Waals surface area contributed by atoms with Gasteiger partial charge in [0.1, 0.15) is 0 Å². The molecule has 24 heavy (non-hydrogen) atoms. The predicted octanol–water partition coefficient (Wildman–Crippen LogP) is 2.20. The molecule has 1 fully saturated rings. The molecule has 0 bridgehead atoms. The highest BCUT2D eigenvalue weighted by Gasteiger charge is 2.28. The molecule has 1 saturated heterocycles. The third-order valence-electron chi connectivity index (χ3n) is 4.57. The number of anilines is 1. The monoisotopic (exact) mass is 329 g/mol. The van der Waals surface area contributed by atoms with Crippen LogP contribution in [0.4, 0.5) is 5.82 Å². The number of hydrogen-bond acceptors (Lipinski definition) is 5. The van der Waals surface area contributed by atoms with Gasteiger partial charge in [-0.25, -0.2) is 4.98 Å². The lowest BCUT2D eigenvalue weighted by Gasteiger charge is -2.31. The molecular formula is C18H23N3O3. The third kappa shape index (κ3) is 3.00. The molecule has 1 aromatic heterocycles. The minimum atomic E-state index is -0.130. The molecule has 0 N–H and O–H groups in total. The number of esters is 1. The van der Waals surface area contributed by atoms with E-state index in [1.807, 2.05) is 43.0 Å². The summed E-state index contributed by atoms with van der Waals surface area (Å²) in [7, 11) is 0. The van der Waals surface area contributed by atoms with Crippen LogP contribution in [0.2, 0.25) is 0 Å². The van der Waals surface area contributed by atoms with Crippen molar-refractivity contribution in [2.75, 3.05) is 24.6 Å². The van der Waals surface area contributed by atoms with Crippen LogP contribution < -0.4 is 10.5 Å². The molecule has 6 heteroatoms. The maximum Gasteiger partial charge on any atom is 0.309 e. The van der Waals surface area contributed by atoms with E-state index < -0.39 is 0 Å². The summed E-state index contributed by atoms with van der Waals surface area (Å²) in [6, 6.07) is 7.69. The van der Waals surface area contributed by atoms with Crippen molar-refractivity contribution in [3.8, 4) is 0 Å². The van der Waals surface area contributed by atoms with Gasteiger partial charge in [0.15, 0.2) is 5.82 Å². The smallest absolute Gasteiger partial charge is 0.309 e. The van der Waals surface area contributed by atoms with E-state index in [9.17, 15) is 9.59 Å². The number of hydrogen-bond donors (Lipinski definition) is 0. The van der Waals surface area contributed by atoms with Crippen LogP contribution >= 0.6 is 0 Å². The molecule has 128 valence electrons. The van der Waals surface area contributed by atoms with Crippen LogP contribution in [0.5, 0.6) is 0 Å². The summed E-state index contributed by atoms with van der Waals surface area (Å²) in [6.45, 7) is 6.09. The molecule has 6 nitrogen and oxygen atoms in total. The van der Waals surface area contributed by atoms with Crippen molar-refractivity contribution in [1.82, 2.24) is 9.55 Å². The van der Waals surface area contributed by atoms with Crippen molar-refractivity contribution in [1.29, 1.82) is 0 Å². The maximum atomic E-state index is 12.8. The van der Waals surface area contributed by atoms with Gasteiger partial charge in [-0.05, 0) is 38.8 Å². The second-order valence-electron chi connectivity index (χ2n) is 5.99. The largest absolute Gasteiger partial charge is 0.466 e. The van der Waals surface area contributed by atoms with Crippen molar-refractivity contribution in [3.63, 3.8) is 0 Å². The van der Waals surface area contributed by atoms with Gasteiger partial charge in [-0.2, -0.15) is 0 Å². The van der Waals surface area contributed by atoms with E-state index in [0.717, 1.165) is 11.0 Å². The standard InChI is InChI=1S/C18H23N3O3/c1-3-21-15-8-6-5-7-14(15)19-16(17(21)22)20-11-9-13(10-12-20)18(23)24-4-2/h5-8,13H,3-4,9-12H2,1-2H3. The normalized spacial score (nSPS) is 15.7. The molecule has 0 radical (unpaired) electrons. The van der Waals surface area contributed by atoms with Crippen molar-refractivity contribution in [2.24, 2.45) is 5.92 Å². The Morgan fingerprint density at radius 2 is 1.96 bits per heavy atom. The first kappa shape index (κ1) is 16.5. The number of nitrogens with zero attached hydrogens (tertiary/aromatic N) is 3. The van der Waals surface area contributed by atoms with Crippen LogP contribution in [0, 0.1) is 5.92 Å². The molecule has 3 rings (SSSR count). The summed E-state index contributed by atoms with van der Waals surface area (Å²) in [5, 5.41) is 0. The zero-order valence-electron chi connectivity index (χ0n) is 14.2. The fraction of sp³-hybridized carbons (Fsp3) is 0.500. The molecular weight excluding hydrogens is 306 g/mol. The summed E-state index contributed by atoms with van der Waals surface area (Å²) in [5.74, 6) is 0.280. The number of rotatable bonds is 4. The summed E-state index contributed by atoms with van der Waals surface area (Å²) >= 11 is 0. The van der Waals surface area contributed by atoms with Crippen LogP contribution in [0.15, 0.2) is 29.1 Å². The Bertz CT molecular complexity index is 792. The molecule has 0 atom stereocenters. The van der Waals surface area contributed by atoms with Crippen LogP contribution in [0.3, 0.4) is 0 Å². The number of fused-ring (bicyclic) bond motifs is 1. The maximum absolute atomic E-state index is 12.8. The number of carbonyl (C=O) groups is 1. The van der Waals surface area contributed by atoms with E-state index in [4.69, 9.17) is 4.74 Å². The quantitative estimate of drug-likeness (QED) is 0.805. The summed E-state index contributed by atoms with van der Waals surface area (Å²) < 4.78 is 6.86. The fourth-order valence-electron chi connectivity index (χ4n) is 3.29. The Balaban J connectivity index is 1.87. The summed E-state index contributed by atoms with van der Waals surface area (Å²) in [6.07, 6.45) is 1.39. The zero-order chi connectivity index (χ0) is 17.1. The van der Waals surface area contributed by atoms with Crippen molar-refractivity contribution in [3.05, 3.63) is 34.6 Å². The van der Waals surface area contributed by atoms with E-state index in [2.05, 4.69) is 4.98 Å². The van der Waals surface area contributed by atoms with Crippen LogP contribution in [0.1, 0.15) is 26.7 Å². The number of para-hydroxylation sites is 2. The molecule has 0 saturated carbocycles. The molecule has 0 spiro atoms. The highest BCUT2D eigenvalue weighted by molar-refractivity contribution is 5.76. The third-order valence-corrected chi connectivity index (χ3v) is 4.57. The van der Waals surface area contributed by atoms with Crippen LogP contribution in [-0.4, -0.2) is 35.2 Å². The molecule has 1 aromatic carbocycles. The minimum Gasteiger partial charge on any atom is -0.466 e. The molecule has 1 aliphatic rings. The van der Waals surface area contributed by atoms with Gasteiger partial charge in [-0.1, -0.05) is 12.1 Å². The van der Waals surface area contributed by atoms with Crippen molar-refractivity contribution < 1.29 is 9.53 Å². The van der Waals surface area contributed by atoms with Crippen LogP contribution in [-0.2, 0) is 16.1 Å². The number of carbonyl (C=O) groups excluding carboxylic acids is 1. The van der Waals surface area contributed by atoms with Gasteiger partial charge in [0.2, 0.25) is 0 Å². The Labute approximate surface area is 141 Å². The number of aromatic nitrogens is 2. The van der Waals surface area contributed by atoms with E-state index in [-0.39, 0.29) is 17.4 Å². The number of piperidine rings is 1. The lowest BCUT2D eigenvalue weighted by atomic mass is 9.97. The molecule has 0 amide bonds. The lowest BCUT2D eigenvalue weighted by molar-refractivity contribution is -0.148. The van der Waals surface area contributed by atoms with Gasteiger partial charge in [0, 0.05) is 19.6 Å². The number of benzene rings is 1.